The molecule has 8 heteroatoms. The molecule has 1 atom stereocenters. The van der Waals surface area contributed by atoms with Crippen molar-refractivity contribution in [3.63, 3.8) is 0 Å². The van der Waals surface area contributed by atoms with E-state index in [9.17, 15) is 14.4 Å². The van der Waals surface area contributed by atoms with Gasteiger partial charge in [-0.3, -0.25) is 14.4 Å². The van der Waals surface area contributed by atoms with Crippen molar-refractivity contribution in [3.05, 3.63) is 59.1 Å². The summed E-state index contributed by atoms with van der Waals surface area (Å²) in [5.41, 5.74) is 1.77. The summed E-state index contributed by atoms with van der Waals surface area (Å²) >= 11 is 5.88. The molecule has 1 unspecified atom stereocenters. The van der Waals surface area contributed by atoms with Crippen LogP contribution in [-0.2, 0) is 14.3 Å². The van der Waals surface area contributed by atoms with E-state index >= 15 is 0 Å². The zero-order valence-electron chi connectivity index (χ0n) is 17.6. The molecular formula is C23H26ClN3O4. The van der Waals surface area contributed by atoms with Crippen LogP contribution >= 0.6 is 11.6 Å². The molecule has 1 aliphatic rings. The Hall–Kier alpha value is -2.90. The van der Waals surface area contributed by atoms with Crippen LogP contribution in [0.25, 0.3) is 0 Å². The van der Waals surface area contributed by atoms with Crippen LogP contribution in [0.3, 0.4) is 0 Å². The summed E-state index contributed by atoms with van der Waals surface area (Å²) in [6.45, 7) is 5.04. The van der Waals surface area contributed by atoms with E-state index in [2.05, 4.69) is 10.6 Å². The number of morpholine rings is 1. The van der Waals surface area contributed by atoms with Crippen molar-refractivity contribution in [2.45, 2.75) is 26.3 Å². The summed E-state index contributed by atoms with van der Waals surface area (Å²) in [4.78, 5) is 39.1. The van der Waals surface area contributed by atoms with E-state index in [1.54, 1.807) is 53.4 Å². The molecule has 0 aromatic heterocycles. The summed E-state index contributed by atoms with van der Waals surface area (Å²) in [6, 6.07) is 12.9. The van der Waals surface area contributed by atoms with Gasteiger partial charge in [-0.05, 0) is 60.9 Å². The third kappa shape index (κ3) is 6.29. The maximum Gasteiger partial charge on any atom is 0.253 e. The molecular weight excluding hydrogens is 418 g/mol. The van der Waals surface area contributed by atoms with Crippen LogP contribution in [0.4, 0.5) is 11.4 Å². The van der Waals surface area contributed by atoms with Gasteiger partial charge < -0.3 is 20.3 Å². The summed E-state index contributed by atoms with van der Waals surface area (Å²) in [5.74, 6) is -0.522. The van der Waals surface area contributed by atoms with E-state index in [0.29, 0.717) is 35.8 Å². The molecule has 7 nitrogen and oxygen atoms in total. The van der Waals surface area contributed by atoms with Crippen molar-refractivity contribution in [3.8, 4) is 0 Å². The van der Waals surface area contributed by atoms with Gasteiger partial charge >= 0.3 is 0 Å². The van der Waals surface area contributed by atoms with Gasteiger partial charge in [-0.1, -0.05) is 25.4 Å². The van der Waals surface area contributed by atoms with Crippen molar-refractivity contribution in [1.29, 1.82) is 0 Å². The fraction of sp³-hybridized carbons (Fsp3) is 0.348. The number of halogens is 1. The van der Waals surface area contributed by atoms with Crippen LogP contribution in [0.15, 0.2) is 48.5 Å². The van der Waals surface area contributed by atoms with Gasteiger partial charge in [0, 0.05) is 28.5 Å². The number of rotatable bonds is 7. The molecule has 0 saturated carbocycles. The molecule has 3 amide bonds. The first kappa shape index (κ1) is 22.8. The third-order valence-electron chi connectivity index (χ3n) is 4.87. The number of anilines is 2. The van der Waals surface area contributed by atoms with Crippen molar-refractivity contribution in [1.82, 2.24) is 5.32 Å². The highest BCUT2D eigenvalue weighted by atomic mass is 35.5. The Morgan fingerprint density at radius 3 is 2.39 bits per heavy atom. The highest BCUT2D eigenvalue weighted by Crippen LogP contribution is 2.20. The van der Waals surface area contributed by atoms with Crippen LogP contribution in [-0.4, -0.2) is 43.5 Å². The molecule has 0 bridgehead atoms. The largest absolute Gasteiger partial charge is 0.370 e. The lowest BCUT2D eigenvalue weighted by Crippen LogP contribution is -2.44. The smallest absolute Gasteiger partial charge is 0.253 e. The summed E-state index contributed by atoms with van der Waals surface area (Å²) in [7, 11) is 0. The Balaban J connectivity index is 1.66. The average Bonchev–Trinajstić information content (AvgIpc) is 2.74. The highest BCUT2D eigenvalue weighted by molar-refractivity contribution is 6.30. The minimum atomic E-state index is -0.691. The lowest BCUT2D eigenvalue weighted by molar-refractivity contribution is -0.125. The number of benzene rings is 2. The number of ether oxygens (including phenoxy) is 1. The quantitative estimate of drug-likeness (QED) is 0.685. The molecule has 1 aliphatic heterocycles. The van der Waals surface area contributed by atoms with Crippen molar-refractivity contribution in [2.75, 3.05) is 30.0 Å². The van der Waals surface area contributed by atoms with Gasteiger partial charge in [0.1, 0.15) is 12.6 Å². The van der Waals surface area contributed by atoms with E-state index in [1.165, 1.54) is 0 Å². The zero-order chi connectivity index (χ0) is 22.4. The lowest BCUT2D eigenvalue weighted by Gasteiger charge is -2.27. The van der Waals surface area contributed by atoms with Gasteiger partial charge in [0.2, 0.25) is 5.91 Å². The SMILES string of the molecule is CC(C)CC(NC(=O)c1ccc(Cl)cc1)C(=O)Nc1ccc(N2CCOCC2=O)cc1. The second-order valence-corrected chi connectivity index (χ2v) is 8.23. The second-order valence-electron chi connectivity index (χ2n) is 7.80. The van der Waals surface area contributed by atoms with Crippen LogP contribution in [0.5, 0.6) is 0 Å². The number of carbonyl (C=O) groups is 3. The maximum atomic E-state index is 12.9. The zero-order valence-corrected chi connectivity index (χ0v) is 18.3. The first-order valence-electron chi connectivity index (χ1n) is 10.2. The van der Waals surface area contributed by atoms with Crippen molar-refractivity contribution >= 4 is 40.7 Å². The summed E-state index contributed by atoms with van der Waals surface area (Å²) in [6.07, 6.45) is 0.492. The maximum absolute atomic E-state index is 12.9. The number of nitrogens with one attached hydrogen (secondary N) is 2. The molecule has 31 heavy (non-hydrogen) atoms. The number of hydrogen-bond acceptors (Lipinski definition) is 4. The van der Waals surface area contributed by atoms with Crippen LogP contribution in [0.2, 0.25) is 5.02 Å². The second kappa shape index (κ2) is 10.4. The lowest BCUT2D eigenvalue weighted by atomic mass is 10.0. The Morgan fingerprint density at radius 2 is 1.77 bits per heavy atom. The average molecular weight is 444 g/mol. The van der Waals surface area contributed by atoms with Crippen LogP contribution in [0.1, 0.15) is 30.6 Å². The standard InChI is InChI=1S/C23H26ClN3O4/c1-15(2)13-20(26-22(29)16-3-5-17(24)6-4-16)23(30)25-18-7-9-19(10-8-18)27-11-12-31-14-21(27)28/h3-10,15,20H,11-14H2,1-2H3,(H,25,30)(H,26,29). The number of carbonyl (C=O) groups excluding carboxylic acids is 3. The minimum Gasteiger partial charge on any atom is -0.370 e. The number of amides is 3. The van der Waals surface area contributed by atoms with Gasteiger partial charge in [0.15, 0.2) is 0 Å². The molecule has 0 spiro atoms. The van der Waals surface area contributed by atoms with E-state index in [0.717, 1.165) is 5.69 Å². The van der Waals surface area contributed by atoms with E-state index in [4.69, 9.17) is 16.3 Å². The minimum absolute atomic E-state index is 0.0721. The molecule has 3 rings (SSSR count). The highest BCUT2D eigenvalue weighted by Gasteiger charge is 2.23. The van der Waals surface area contributed by atoms with E-state index in [-0.39, 0.29) is 30.2 Å². The first-order valence-corrected chi connectivity index (χ1v) is 10.6. The molecule has 2 aromatic carbocycles. The van der Waals surface area contributed by atoms with Gasteiger partial charge in [-0.15, -0.1) is 0 Å². The predicted molar refractivity (Wildman–Crippen MR) is 120 cm³/mol. The van der Waals surface area contributed by atoms with Crippen molar-refractivity contribution < 1.29 is 19.1 Å². The molecule has 0 radical (unpaired) electrons. The van der Waals surface area contributed by atoms with E-state index in [1.807, 2.05) is 13.8 Å². The number of nitrogens with zero attached hydrogens (tertiary/aromatic N) is 1. The van der Waals surface area contributed by atoms with Crippen LogP contribution < -0.4 is 15.5 Å². The Bertz CT molecular complexity index is 929. The van der Waals surface area contributed by atoms with Gasteiger partial charge in [-0.2, -0.15) is 0 Å². The van der Waals surface area contributed by atoms with Gasteiger partial charge in [-0.25, -0.2) is 0 Å². The molecule has 1 fully saturated rings. The number of hydrogen-bond donors (Lipinski definition) is 2. The molecule has 1 heterocycles. The van der Waals surface area contributed by atoms with Crippen LogP contribution in [0, 0.1) is 5.92 Å². The molecule has 1 saturated heterocycles. The van der Waals surface area contributed by atoms with Gasteiger partial charge in [0.25, 0.3) is 11.8 Å². The Labute approximate surface area is 186 Å². The normalized spacial score (nSPS) is 15.0. The molecule has 164 valence electrons. The predicted octanol–water partition coefficient (Wildman–Crippen LogP) is 3.49. The fourth-order valence-corrected chi connectivity index (χ4v) is 3.42. The fourth-order valence-electron chi connectivity index (χ4n) is 3.29. The Kier molecular flexibility index (Phi) is 7.65. The topological polar surface area (TPSA) is 87.7 Å². The Morgan fingerprint density at radius 1 is 1.10 bits per heavy atom. The summed E-state index contributed by atoms with van der Waals surface area (Å²) < 4.78 is 5.15. The third-order valence-corrected chi connectivity index (χ3v) is 5.12. The monoisotopic (exact) mass is 443 g/mol. The van der Waals surface area contributed by atoms with Crippen molar-refractivity contribution in [2.24, 2.45) is 5.92 Å². The molecule has 0 aliphatic carbocycles. The molecule has 2 N–H and O–H groups in total. The van der Waals surface area contributed by atoms with Gasteiger partial charge in [0.05, 0.1) is 6.61 Å². The molecule has 2 aromatic rings. The first-order chi connectivity index (χ1) is 14.8. The summed E-state index contributed by atoms with van der Waals surface area (Å²) in [5, 5.41) is 6.20. The van der Waals surface area contributed by atoms with E-state index < -0.39 is 6.04 Å².